The Bertz CT molecular complexity index is 220. The van der Waals surface area contributed by atoms with Crippen molar-refractivity contribution in [1.29, 1.82) is 0 Å². The van der Waals surface area contributed by atoms with E-state index in [0.717, 1.165) is 12.2 Å². The molecule has 0 aliphatic carbocycles. The van der Waals surface area contributed by atoms with Gasteiger partial charge in [0.05, 0.1) is 17.9 Å². The molecule has 56 valence electrons. The van der Waals surface area contributed by atoms with Gasteiger partial charge in [-0.25, -0.2) is 4.98 Å². The number of aryl methyl sites for hydroxylation is 1. The van der Waals surface area contributed by atoms with Crippen molar-refractivity contribution in [3.05, 3.63) is 17.2 Å². The van der Waals surface area contributed by atoms with Crippen LogP contribution in [0.3, 0.4) is 0 Å². The van der Waals surface area contributed by atoms with E-state index in [9.17, 15) is 0 Å². The highest BCUT2D eigenvalue weighted by molar-refractivity contribution is 6.31. The molecule has 0 saturated heterocycles. The first-order valence-corrected chi connectivity index (χ1v) is 3.96. The van der Waals surface area contributed by atoms with E-state index in [2.05, 4.69) is 4.98 Å². The third kappa shape index (κ3) is 1.27. The van der Waals surface area contributed by atoms with E-state index in [0.29, 0.717) is 11.0 Å². The molecule has 0 bridgehead atoms. The van der Waals surface area contributed by atoms with Crippen molar-refractivity contribution >= 4 is 23.2 Å². The molecular formula is C6H8Cl2N2. The Hall–Kier alpha value is -0.210. The molecule has 1 rings (SSSR count). The first-order valence-electron chi connectivity index (χ1n) is 3.05. The van der Waals surface area contributed by atoms with Gasteiger partial charge >= 0.3 is 0 Å². The van der Waals surface area contributed by atoms with E-state index in [1.165, 1.54) is 0 Å². The van der Waals surface area contributed by atoms with Crippen LogP contribution in [-0.4, -0.2) is 9.55 Å². The molecule has 0 amide bonds. The third-order valence-corrected chi connectivity index (χ3v) is 1.93. The minimum Gasteiger partial charge on any atom is -0.332 e. The van der Waals surface area contributed by atoms with Crippen molar-refractivity contribution in [3.63, 3.8) is 0 Å². The van der Waals surface area contributed by atoms with Crippen LogP contribution in [0.15, 0.2) is 6.33 Å². The van der Waals surface area contributed by atoms with Gasteiger partial charge in [0.2, 0.25) is 0 Å². The van der Waals surface area contributed by atoms with Crippen LogP contribution >= 0.6 is 23.2 Å². The molecule has 0 radical (unpaired) electrons. The minimum absolute atomic E-state index is 0.423. The zero-order valence-electron chi connectivity index (χ0n) is 5.64. The first kappa shape index (κ1) is 7.89. The maximum Gasteiger partial charge on any atom is 0.151 e. The number of nitrogens with zero attached hydrogens (tertiary/aromatic N) is 2. The van der Waals surface area contributed by atoms with Gasteiger partial charge in [0.15, 0.2) is 5.15 Å². The normalized spacial score (nSPS) is 10.3. The number of imidazole rings is 1. The lowest BCUT2D eigenvalue weighted by molar-refractivity contribution is 0.733. The van der Waals surface area contributed by atoms with E-state index in [1.54, 1.807) is 6.33 Å². The molecule has 0 spiro atoms. The number of hydrogen-bond acceptors (Lipinski definition) is 1. The Morgan fingerprint density at radius 3 is 2.80 bits per heavy atom. The lowest BCUT2D eigenvalue weighted by Crippen LogP contribution is -1.96. The minimum atomic E-state index is 0.423. The first-order chi connectivity index (χ1) is 4.79. The van der Waals surface area contributed by atoms with Crippen LogP contribution in [0, 0.1) is 0 Å². The summed E-state index contributed by atoms with van der Waals surface area (Å²) >= 11 is 11.3. The fraction of sp³-hybridized carbons (Fsp3) is 0.500. The molecule has 1 aromatic heterocycles. The fourth-order valence-electron chi connectivity index (χ4n) is 0.787. The van der Waals surface area contributed by atoms with Gasteiger partial charge in [0.25, 0.3) is 0 Å². The van der Waals surface area contributed by atoms with Gasteiger partial charge < -0.3 is 4.57 Å². The molecule has 0 aliphatic heterocycles. The van der Waals surface area contributed by atoms with Crippen LogP contribution in [0.5, 0.6) is 0 Å². The lowest BCUT2D eigenvalue weighted by atomic mass is 10.5. The predicted molar refractivity (Wildman–Crippen MR) is 42.5 cm³/mol. The molecule has 0 N–H and O–H groups in total. The van der Waals surface area contributed by atoms with E-state index < -0.39 is 0 Å². The van der Waals surface area contributed by atoms with Gasteiger partial charge in [-0.1, -0.05) is 11.6 Å². The molecule has 0 fully saturated rings. The summed E-state index contributed by atoms with van der Waals surface area (Å²) in [7, 11) is 0. The SMILES string of the molecule is CCn1cnc(Cl)c1CCl. The van der Waals surface area contributed by atoms with E-state index >= 15 is 0 Å². The van der Waals surface area contributed by atoms with Gasteiger partial charge in [-0.15, -0.1) is 11.6 Å². The van der Waals surface area contributed by atoms with E-state index in [-0.39, 0.29) is 0 Å². The topological polar surface area (TPSA) is 17.8 Å². The largest absolute Gasteiger partial charge is 0.332 e. The standard InChI is InChI=1S/C6H8Cl2N2/c1-2-10-4-9-6(8)5(10)3-7/h4H,2-3H2,1H3. The molecule has 0 saturated carbocycles. The Morgan fingerprint density at radius 1 is 1.70 bits per heavy atom. The zero-order valence-corrected chi connectivity index (χ0v) is 7.15. The summed E-state index contributed by atoms with van der Waals surface area (Å²) in [6.07, 6.45) is 1.69. The van der Waals surface area contributed by atoms with Crippen molar-refractivity contribution in [2.75, 3.05) is 0 Å². The van der Waals surface area contributed by atoms with Crippen LogP contribution < -0.4 is 0 Å². The van der Waals surface area contributed by atoms with Crippen molar-refractivity contribution < 1.29 is 0 Å². The van der Waals surface area contributed by atoms with Crippen molar-refractivity contribution in [2.45, 2.75) is 19.3 Å². The van der Waals surface area contributed by atoms with Crippen LogP contribution in [0.2, 0.25) is 5.15 Å². The number of hydrogen-bond donors (Lipinski definition) is 0. The molecule has 0 aliphatic rings. The number of rotatable bonds is 2. The molecule has 10 heavy (non-hydrogen) atoms. The number of aromatic nitrogens is 2. The van der Waals surface area contributed by atoms with E-state index in [4.69, 9.17) is 23.2 Å². The molecule has 0 aromatic carbocycles. The number of halogens is 2. The summed E-state index contributed by atoms with van der Waals surface area (Å²) in [5.74, 6) is 0.423. The molecule has 1 heterocycles. The highest BCUT2D eigenvalue weighted by Gasteiger charge is 2.04. The average Bonchev–Trinajstić information content (AvgIpc) is 2.30. The molecule has 1 aromatic rings. The summed E-state index contributed by atoms with van der Waals surface area (Å²) in [6, 6.07) is 0. The Balaban J connectivity index is 3.01. The van der Waals surface area contributed by atoms with Crippen LogP contribution in [0.1, 0.15) is 12.6 Å². The maximum atomic E-state index is 5.71. The second-order valence-corrected chi connectivity index (χ2v) is 2.53. The zero-order chi connectivity index (χ0) is 7.56. The Labute approximate surface area is 69.8 Å². The summed E-state index contributed by atoms with van der Waals surface area (Å²) in [5, 5.41) is 0.511. The van der Waals surface area contributed by atoms with Gasteiger partial charge in [0, 0.05) is 6.54 Å². The van der Waals surface area contributed by atoms with Gasteiger partial charge in [-0.3, -0.25) is 0 Å². The van der Waals surface area contributed by atoms with Crippen LogP contribution in [0.4, 0.5) is 0 Å². The second kappa shape index (κ2) is 3.26. The predicted octanol–water partition coefficient (Wildman–Crippen LogP) is 2.30. The number of alkyl halides is 1. The van der Waals surface area contributed by atoms with Crippen LogP contribution in [0.25, 0.3) is 0 Å². The van der Waals surface area contributed by atoms with Gasteiger partial charge in [-0.2, -0.15) is 0 Å². The fourth-order valence-corrected chi connectivity index (χ4v) is 1.36. The summed E-state index contributed by atoms with van der Waals surface area (Å²) in [5.41, 5.74) is 0.894. The molecule has 2 nitrogen and oxygen atoms in total. The molecule has 0 unspecified atom stereocenters. The van der Waals surface area contributed by atoms with Crippen LogP contribution in [-0.2, 0) is 12.4 Å². The molecule has 0 atom stereocenters. The highest BCUT2D eigenvalue weighted by Crippen LogP contribution is 2.15. The van der Waals surface area contributed by atoms with E-state index in [1.807, 2.05) is 11.5 Å². The van der Waals surface area contributed by atoms with Gasteiger partial charge in [0.1, 0.15) is 0 Å². The quantitative estimate of drug-likeness (QED) is 0.637. The average molecular weight is 179 g/mol. The monoisotopic (exact) mass is 178 g/mol. The third-order valence-electron chi connectivity index (χ3n) is 1.36. The highest BCUT2D eigenvalue weighted by atomic mass is 35.5. The summed E-state index contributed by atoms with van der Waals surface area (Å²) < 4.78 is 1.93. The Morgan fingerprint density at radius 2 is 2.40 bits per heavy atom. The molecular weight excluding hydrogens is 171 g/mol. The van der Waals surface area contributed by atoms with Crippen molar-refractivity contribution in [1.82, 2.24) is 9.55 Å². The smallest absolute Gasteiger partial charge is 0.151 e. The van der Waals surface area contributed by atoms with Gasteiger partial charge in [-0.05, 0) is 6.92 Å². The lowest BCUT2D eigenvalue weighted by Gasteiger charge is -1.99. The summed E-state index contributed by atoms with van der Waals surface area (Å²) in [6.45, 7) is 2.88. The maximum absolute atomic E-state index is 5.71. The molecule has 4 heteroatoms. The van der Waals surface area contributed by atoms with Crippen molar-refractivity contribution in [3.8, 4) is 0 Å². The summed E-state index contributed by atoms with van der Waals surface area (Å²) in [4.78, 5) is 3.90. The second-order valence-electron chi connectivity index (χ2n) is 1.90. The van der Waals surface area contributed by atoms with Crippen molar-refractivity contribution in [2.24, 2.45) is 0 Å². The Kier molecular flexibility index (Phi) is 2.57.